The Balaban J connectivity index is 1.99. The molecule has 0 spiro atoms. The molecule has 1 heterocycles. The van der Waals surface area contributed by atoms with Gasteiger partial charge in [-0.25, -0.2) is 4.98 Å². The fraction of sp³-hybridized carbons (Fsp3) is 0.150. The molecule has 2 aromatic carbocycles. The van der Waals surface area contributed by atoms with Crippen LogP contribution in [0.1, 0.15) is 29.1 Å². The lowest BCUT2D eigenvalue weighted by atomic mass is 10.1. The zero-order valence-electron chi connectivity index (χ0n) is 14.4. The monoisotopic (exact) mass is 363 g/mol. The number of hydrogen-bond donors (Lipinski definition) is 1. The summed E-state index contributed by atoms with van der Waals surface area (Å²) in [7, 11) is 1.61. The van der Waals surface area contributed by atoms with Crippen LogP contribution in [0.25, 0.3) is 11.3 Å². The molecule has 3 rings (SSSR count). The zero-order valence-corrected chi connectivity index (χ0v) is 15.2. The highest BCUT2D eigenvalue weighted by molar-refractivity contribution is 7.10. The Kier molecular flexibility index (Phi) is 5.30. The average molecular weight is 363 g/mol. The van der Waals surface area contributed by atoms with Crippen molar-refractivity contribution in [1.82, 2.24) is 10.3 Å². The van der Waals surface area contributed by atoms with Crippen LogP contribution < -0.4 is 10.1 Å². The summed E-state index contributed by atoms with van der Waals surface area (Å²) in [6, 6.07) is 16.6. The maximum atomic E-state index is 11.7. The topological polar surface area (TPSA) is 75.0 Å². The van der Waals surface area contributed by atoms with Crippen molar-refractivity contribution in [3.05, 3.63) is 70.0 Å². The molecule has 1 aromatic heterocycles. The summed E-state index contributed by atoms with van der Waals surface area (Å²) in [6.45, 7) is 1.48. The maximum Gasteiger partial charge on any atom is 0.217 e. The number of nitrogens with zero attached hydrogens (tertiary/aromatic N) is 2. The van der Waals surface area contributed by atoms with Crippen LogP contribution in [0.15, 0.2) is 53.9 Å². The summed E-state index contributed by atoms with van der Waals surface area (Å²) in [4.78, 5) is 16.4. The number of amides is 1. The smallest absolute Gasteiger partial charge is 0.217 e. The summed E-state index contributed by atoms with van der Waals surface area (Å²) in [6.07, 6.45) is 0. The van der Waals surface area contributed by atoms with Gasteiger partial charge in [-0.15, -0.1) is 11.3 Å². The van der Waals surface area contributed by atoms with Crippen molar-refractivity contribution in [2.45, 2.75) is 13.0 Å². The van der Waals surface area contributed by atoms with Crippen LogP contribution in [0.5, 0.6) is 5.75 Å². The normalized spacial score (nSPS) is 11.4. The van der Waals surface area contributed by atoms with Gasteiger partial charge in [-0.1, -0.05) is 24.3 Å². The van der Waals surface area contributed by atoms with E-state index in [-0.39, 0.29) is 11.9 Å². The molecular weight excluding hydrogens is 346 g/mol. The van der Waals surface area contributed by atoms with Crippen molar-refractivity contribution in [2.24, 2.45) is 0 Å². The standard InChI is InChI=1S/C20H17N3O2S/c1-13(24)22-19(16-7-4-8-17(10-16)25-2)20-23-18(12-26-20)15-6-3-5-14(9-15)11-21/h3-10,12,19H,1-2H3,(H,22,24). The SMILES string of the molecule is COc1cccc(C(NC(C)=O)c2nc(-c3cccc(C#N)c3)cs2)c1. The molecule has 0 saturated carbocycles. The van der Waals surface area contributed by atoms with E-state index < -0.39 is 0 Å². The Morgan fingerprint density at radius 3 is 2.81 bits per heavy atom. The van der Waals surface area contributed by atoms with Gasteiger partial charge in [-0.05, 0) is 29.8 Å². The Hall–Kier alpha value is -3.17. The minimum absolute atomic E-state index is 0.138. The number of carbonyl (C=O) groups excluding carboxylic acids is 1. The summed E-state index contributed by atoms with van der Waals surface area (Å²) in [5.41, 5.74) is 3.13. The molecule has 0 saturated heterocycles. The van der Waals surface area contributed by atoms with E-state index in [0.29, 0.717) is 5.56 Å². The molecule has 3 aromatic rings. The number of hydrogen-bond acceptors (Lipinski definition) is 5. The lowest BCUT2D eigenvalue weighted by Crippen LogP contribution is -2.26. The molecule has 0 bridgehead atoms. The molecule has 1 N–H and O–H groups in total. The highest BCUT2D eigenvalue weighted by Crippen LogP contribution is 2.31. The van der Waals surface area contributed by atoms with Gasteiger partial charge in [0.05, 0.1) is 24.4 Å². The summed E-state index contributed by atoms with van der Waals surface area (Å²) >= 11 is 1.47. The zero-order chi connectivity index (χ0) is 18.5. The first kappa shape index (κ1) is 17.6. The van der Waals surface area contributed by atoms with Gasteiger partial charge in [0.15, 0.2) is 0 Å². The number of methoxy groups -OCH3 is 1. The molecule has 5 nitrogen and oxygen atoms in total. The summed E-state index contributed by atoms with van der Waals surface area (Å²) < 4.78 is 5.29. The lowest BCUT2D eigenvalue weighted by Gasteiger charge is -2.16. The van der Waals surface area contributed by atoms with E-state index in [1.165, 1.54) is 18.3 Å². The van der Waals surface area contributed by atoms with Gasteiger partial charge in [0.2, 0.25) is 5.91 Å². The van der Waals surface area contributed by atoms with Crippen molar-refractivity contribution < 1.29 is 9.53 Å². The van der Waals surface area contributed by atoms with E-state index in [4.69, 9.17) is 15.0 Å². The highest BCUT2D eigenvalue weighted by atomic mass is 32.1. The minimum atomic E-state index is -0.361. The second kappa shape index (κ2) is 7.81. The predicted molar refractivity (Wildman–Crippen MR) is 101 cm³/mol. The fourth-order valence-electron chi connectivity index (χ4n) is 2.61. The average Bonchev–Trinajstić information content (AvgIpc) is 3.16. The summed E-state index contributed by atoms with van der Waals surface area (Å²) in [5, 5.41) is 14.7. The third kappa shape index (κ3) is 3.90. The Morgan fingerprint density at radius 2 is 2.08 bits per heavy atom. The maximum absolute atomic E-state index is 11.7. The van der Waals surface area contributed by atoms with E-state index >= 15 is 0 Å². The lowest BCUT2D eigenvalue weighted by molar-refractivity contribution is -0.119. The number of rotatable bonds is 5. The van der Waals surface area contributed by atoms with Crippen LogP contribution in [0, 0.1) is 11.3 Å². The molecule has 0 aliphatic rings. The fourth-order valence-corrected chi connectivity index (χ4v) is 3.52. The van der Waals surface area contributed by atoms with E-state index in [1.807, 2.05) is 41.8 Å². The number of nitrogens with one attached hydrogen (secondary N) is 1. The van der Waals surface area contributed by atoms with E-state index in [0.717, 1.165) is 27.6 Å². The van der Waals surface area contributed by atoms with Crippen molar-refractivity contribution in [3.63, 3.8) is 0 Å². The number of carbonyl (C=O) groups is 1. The molecule has 0 radical (unpaired) electrons. The van der Waals surface area contributed by atoms with Gasteiger partial charge in [0, 0.05) is 17.9 Å². The van der Waals surface area contributed by atoms with Gasteiger partial charge >= 0.3 is 0 Å². The Labute approximate surface area is 155 Å². The molecule has 0 aliphatic heterocycles. The third-order valence-corrected chi connectivity index (χ3v) is 4.74. The van der Waals surface area contributed by atoms with Crippen LogP contribution in [0.4, 0.5) is 0 Å². The second-order valence-corrected chi connectivity index (χ2v) is 6.56. The molecule has 0 aliphatic carbocycles. The third-order valence-electron chi connectivity index (χ3n) is 3.83. The first-order valence-corrected chi connectivity index (χ1v) is 8.85. The Morgan fingerprint density at radius 1 is 1.27 bits per heavy atom. The number of benzene rings is 2. The molecule has 1 atom stereocenters. The largest absolute Gasteiger partial charge is 0.497 e. The molecule has 26 heavy (non-hydrogen) atoms. The Bertz CT molecular complexity index is 975. The van der Waals surface area contributed by atoms with Crippen LogP contribution >= 0.6 is 11.3 Å². The van der Waals surface area contributed by atoms with Gasteiger partial charge in [-0.2, -0.15) is 5.26 Å². The second-order valence-electron chi connectivity index (χ2n) is 5.67. The summed E-state index contributed by atoms with van der Waals surface area (Å²) in [5.74, 6) is 0.581. The van der Waals surface area contributed by atoms with Gasteiger partial charge < -0.3 is 10.1 Å². The molecule has 0 fully saturated rings. The van der Waals surface area contributed by atoms with Crippen molar-refractivity contribution >= 4 is 17.2 Å². The van der Waals surface area contributed by atoms with E-state index in [9.17, 15) is 4.79 Å². The van der Waals surface area contributed by atoms with E-state index in [1.54, 1.807) is 19.2 Å². The highest BCUT2D eigenvalue weighted by Gasteiger charge is 2.20. The molecule has 1 unspecified atom stereocenters. The van der Waals surface area contributed by atoms with Crippen molar-refractivity contribution in [1.29, 1.82) is 5.26 Å². The molecular formula is C20H17N3O2S. The van der Waals surface area contributed by atoms with Crippen molar-refractivity contribution in [3.8, 4) is 23.1 Å². The number of aromatic nitrogens is 1. The van der Waals surface area contributed by atoms with Crippen LogP contribution in [-0.2, 0) is 4.79 Å². The van der Waals surface area contributed by atoms with Crippen molar-refractivity contribution in [2.75, 3.05) is 7.11 Å². The number of nitriles is 1. The minimum Gasteiger partial charge on any atom is -0.497 e. The quantitative estimate of drug-likeness (QED) is 0.746. The van der Waals surface area contributed by atoms with Gasteiger partial charge in [-0.3, -0.25) is 4.79 Å². The van der Waals surface area contributed by atoms with Gasteiger partial charge in [0.25, 0.3) is 0 Å². The first-order valence-electron chi connectivity index (χ1n) is 7.97. The van der Waals surface area contributed by atoms with E-state index in [2.05, 4.69) is 11.4 Å². The van der Waals surface area contributed by atoms with Crippen LogP contribution in [0.2, 0.25) is 0 Å². The molecule has 1 amide bonds. The van der Waals surface area contributed by atoms with Crippen LogP contribution in [0.3, 0.4) is 0 Å². The predicted octanol–water partition coefficient (Wildman–Crippen LogP) is 3.92. The number of thiazole rings is 1. The molecule has 130 valence electrons. The van der Waals surface area contributed by atoms with Crippen LogP contribution in [-0.4, -0.2) is 18.0 Å². The van der Waals surface area contributed by atoms with Gasteiger partial charge in [0.1, 0.15) is 16.8 Å². The molecule has 6 heteroatoms. The first-order chi connectivity index (χ1) is 12.6. The number of ether oxygens (including phenoxy) is 1.